The van der Waals surface area contributed by atoms with Crippen molar-refractivity contribution in [3.63, 3.8) is 0 Å². The van der Waals surface area contributed by atoms with Crippen molar-refractivity contribution in [1.29, 1.82) is 5.26 Å². The van der Waals surface area contributed by atoms with Crippen molar-refractivity contribution in [2.45, 2.75) is 0 Å². The van der Waals surface area contributed by atoms with E-state index in [-0.39, 0.29) is 28.0 Å². The van der Waals surface area contributed by atoms with Crippen molar-refractivity contribution >= 4 is 17.3 Å². The van der Waals surface area contributed by atoms with Gasteiger partial charge in [0.15, 0.2) is 0 Å². The van der Waals surface area contributed by atoms with E-state index in [1.165, 1.54) is 37.4 Å². The summed E-state index contributed by atoms with van der Waals surface area (Å²) >= 11 is 5.71. The summed E-state index contributed by atoms with van der Waals surface area (Å²) in [5.74, 6) is 0.308. The van der Waals surface area contributed by atoms with E-state index in [0.29, 0.717) is 5.75 Å². The molecule has 106 valence electrons. The van der Waals surface area contributed by atoms with Gasteiger partial charge in [-0.25, -0.2) is 0 Å². The zero-order valence-electron chi connectivity index (χ0n) is 10.7. The van der Waals surface area contributed by atoms with E-state index < -0.39 is 4.92 Å². The van der Waals surface area contributed by atoms with Crippen molar-refractivity contribution < 1.29 is 14.4 Å². The van der Waals surface area contributed by atoms with Gasteiger partial charge in [-0.2, -0.15) is 10.2 Å². The van der Waals surface area contributed by atoms with Crippen molar-refractivity contribution in [2.75, 3.05) is 7.11 Å². The predicted octanol–water partition coefficient (Wildman–Crippen LogP) is 3.32. The molecule has 0 aliphatic heterocycles. The lowest BCUT2D eigenvalue weighted by atomic mass is 10.2. The van der Waals surface area contributed by atoms with Gasteiger partial charge in [0, 0.05) is 12.1 Å². The molecule has 0 saturated carbocycles. The fourth-order valence-corrected chi connectivity index (χ4v) is 1.69. The Kier molecular flexibility index (Phi) is 4.21. The van der Waals surface area contributed by atoms with Crippen LogP contribution in [0.4, 0.5) is 5.69 Å². The first-order chi connectivity index (χ1) is 10.0. The van der Waals surface area contributed by atoms with E-state index in [2.05, 4.69) is 4.98 Å². The van der Waals surface area contributed by atoms with E-state index in [1.54, 1.807) is 0 Å². The Morgan fingerprint density at radius 2 is 2.05 bits per heavy atom. The highest BCUT2D eigenvalue weighted by molar-refractivity contribution is 6.29. The second-order valence-electron chi connectivity index (χ2n) is 3.83. The molecule has 21 heavy (non-hydrogen) atoms. The minimum Gasteiger partial charge on any atom is -0.497 e. The maximum atomic E-state index is 10.9. The highest BCUT2D eigenvalue weighted by Gasteiger charge is 2.18. The predicted molar refractivity (Wildman–Crippen MR) is 73.7 cm³/mol. The molecule has 0 spiro atoms. The molecular formula is C13H8ClN3O4. The normalized spacial score (nSPS) is 9.76. The van der Waals surface area contributed by atoms with Gasteiger partial charge in [0.1, 0.15) is 16.7 Å². The number of methoxy groups -OCH3 is 1. The molecule has 0 amide bonds. The van der Waals surface area contributed by atoms with Gasteiger partial charge in [-0.3, -0.25) is 10.1 Å². The number of pyridine rings is 1. The van der Waals surface area contributed by atoms with E-state index in [0.717, 1.165) is 0 Å². The largest absolute Gasteiger partial charge is 0.497 e. The van der Waals surface area contributed by atoms with Crippen LogP contribution in [0.15, 0.2) is 30.3 Å². The minimum absolute atomic E-state index is 0.0546. The molecule has 0 N–H and O–H groups in total. The van der Waals surface area contributed by atoms with Gasteiger partial charge < -0.3 is 9.47 Å². The second kappa shape index (κ2) is 6.07. The standard InChI is InChI=1S/C13H8ClN3O4/c1-20-9-4-8(7-15)5-10(6-9)21-13-11(17(18)19)2-3-12(14)16-13/h2-6H,1H3. The van der Waals surface area contributed by atoms with Crippen LogP contribution in [0.1, 0.15) is 5.56 Å². The molecule has 1 aromatic carbocycles. The smallest absolute Gasteiger partial charge is 0.331 e. The van der Waals surface area contributed by atoms with Crippen LogP contribution in [0, 0.1) is 21.4 Å². The fraction of sp³-hybridized carbons (Fsp3) is 0.0769. The SMILES string of the molecule is COc1cc(C#N)cc(Oc2nc(Cl)ccc2[N+](=O)[O-])c1. The summed E-state index contributed by atoms with van der Waals surface area (Å²) in [6.07, 6.45) is 0. The van der Waals surface area contributed by atoms with Crippen LogP contribution in [0.25, 0.3) is 0 Å². The molecule has 1 heterocycles. The molecule has 0 fully saturated rings. The first-order valence-electron chi connectivity index (χ1n) is 5.61. The van der Waals surface area contributed by atoms with Gasteiger partial charge in [0.25, 0.3) is 0 Å². The van der Waals surface area contributed by atoms with Crippen molar-refractivity contribution in [3.8, 4) is 23.4 Å². The minimum atomic E-state index is -0.635. The second-order valence-corrected chi connectivity index (χ2v) is 4.21. The number of aromatic nitrogens is 1. The Morgan fingerprint density at radius 1 is 1.33 bits per heavy atom. The summed E-state index contributed by atoms with van der Waals surface area (Å²) in [7, 11) is 1.43. The molecule has 8 heteroatoms. The van der Waals surface area contributed by atoms with Crippen LogP contribution >= 0.6 is 11.6 Å². The molecule has 0 aliphatic carbocycles. The molecule has 2 aromatic rings. The molecule has 0 saturated heterocycles. The number of ether oxygens (including phenoxy) is 2. The molecule has 0 radical (unpaired) electrons. The lowest BCUT2D eigenvalue weighted by Crippen LogP contribution is -1.97. The quantitative estimate of drug-likeness (QED) is 0.488. The molecular weight excluding hydrogens is 298 g/mol. The van der Waals surface area contributed by atoms with E-state index in [1.807, 2.05) is 6.07 Å². The lowest BCUT2D eigenvalue weighted by Gasteiger charge is -2.08. The topological polar surface area (TPSA) is 98.3 Å². The highest BCUT2D eigenvalue weighted by atomic mass is 35.5. The Hall–Kier alpha value is -2.85. The number of hydrogen-bond acceptors (Lipinski definition) is 6. The first-order valence-corrected chi connectivity index (χ1v) is 5.99. The van der Waals surface area contributed by atoms with E-state index in [9.17, 15) is 10.1 Å². The highest BCUT2D eigenvalue weighted by Crippen LogP contribution is 2.32. The summed E-state index contributed by atoms with van der Waals surface area (Å²) in [4.78, 5) is 14.1. The first kappa shape index (κ1) is 14.6. The Morgan fingerprint density at radius 3 is 2.67 bits per heavy atom. The Balaban J connectivity index is 2.45. The van der Waals surface area contributed by atoms with Crippen LogP contribution in [-0.2, 0) is 0 Å². The third-order valence-corrected chi connectivity index (χ3v) is 2.67. The zero-order valence-corrected chi connectivity index (χ0v) is 11.5. The lowest BCUT2D eigenvalue weighted by molar-refractivity contribution is -0.386. The van der Waals surface area contributed by atoms with Crippen LogP contribution in [0.2, 0.25) is 5.15 Å². The zero-order chi connectivity index (χ0) is 15.4. The van der Waals surface area contributed by atoms with Crippen molar-refractivity contribution in [1.82, 2.24) is 4.98 Å². The number of nitrogens with zero attached hydrogens (tertiary/aromatic N) is 3. The van der Waals surface area contributed by atoms with E-state index >= 15 is 0 Å². The molecule has 1 aromatic heterocycles. The van der Waals surface area contributed by atoms with Crippen LogP contribution < -0.4 is 9.47 Å². The number of halogens is 1. The summed E-state index contributed by atoms with van der Waals surface area (Å²) in [5.41, 5.74) is -0.0465. The number of nitriles is 1. The van der Waals surface area contributed by atoms with E-state index in [4.69, 9.17) is 26.3 Å². The summed E-state index contributed by atoms with van der Waals surface area (Å²) in [5, 5.41) is 19.9. The van der Waals surface area contributed by atoms with Gasteiger partial charge in [-0.05, 0) is 18.2 Å². The fourth-order valence-electron chi connectivity index (χ4n) is 1.55. The van der Waals surface area contributed by atoms with Crippen LogP contribution in [0.5, 0.6) is 17.4 Å². The van der Waals surface area contributed by atoms with Gasteiger partial charge >= 0.3 is 11.6 Å². The maximum Gasteiger partial charge on any atom is 0.331 e. The van der Waals surface area contributed by atoms with Crippen LogP contribution in [-0.4, -0.2) is 17.0 Å². The average molecular weight is 306 g/mol. The number of benzene rings is 1. The molecule has 2 rings (SSSR count). The Labute approximate surface area is 124 Å². The number of nitro groups is 1. The van der Waals surface area contributed by atoms with Gasteiger partial charge in [-0.1, -0.05) is 11.6 Å². The summed E-state index contributed by atoms with van der Waals surface area (Å²) < 4.78 is 10.4. The van der Waals surface area contributed by atoms with Gasteiger partial charge in [0.05, 0.1) is 23.7 Å². The molecule has 0 aliphatic rings. The maximum absolute atomic E-state index is 10.9. The third-order valence-electron chi connectivity index (χ3n) is 2.46. The monoisotopic (exact) mass is 305 g/mol. The summed E-state index contributed by atoms with van der Waals surface area (Å²) in [6, 6.07) is 8.81. The molecule has 0 unspecified atom stereocenters. The summed E-state index contributed by atoms with van der Waals surface area (Å²) in [6.45, 7) is 0. The molecule has 0 bridgehead atoms. The average Bonchev–Trinajstić information content (AvgIpc) is 2.46. The Bertz CT molecular complexity index is 743. The third kappa shape index (κ3) is 3.38. The molecule has 7 nitrogen and oxygen atoms in total. The van der Waals surface area contributed by atoms with Gasteiger partial charge in [0.2, 0.25) is 0 Å². The van der Waals surface area contributed by atoms with Gasteiger partial charge in [-0.15, -0.1) is 0 Å². The van der Waals surface area contributed by atoms with Crippen molar-refractivity contribution in [2.24, 2.45) is 0 Å². The number of hydrogen-bond donors (Lipinski definition) is 0. The molecule has 0 atom stereocenters. The number of rotatable bonds is 4. The van der Waals surface area contributed by atoms with Crippen molar-refractivity contribution in [3.05, 3.63) is 51.2 Å². The van der Waals surface area contributed by atoms with Crippen LogP contribution in [0.3, 0.4) is 0 Å².